The van der Waals surface area contributed by atoms with Crippen LogP contribution in [0, 0.1) is 0 Å². The van der Waals surface area contributed by atoms with E-state index < -0.39 is 0 Å². The van der Waals surface area contributed by atoms with Gasteiger partial charge in [0.15, 0.2) is 24.5 Å². The predicted molar refractivity (Wildman–Crippen MR) is 186 cm³/mol. The molecule has 2 nitrogen and oxygen atoms in total. The van der Waals surface area contributed by atoms with E-state index in [9.17, 15) is 0 Å². The summed E-state index contributed by atoms with van der Waals surface area (Å²) in [6, 6.07) is 40.1. The average molecular weight is 589 g/mol. The van der Waals surface area contributed by atoms with Crippen LogP contribution in [0.2, 0.25) is 0 Å². The van der Waals surface area contributed by atoms with E-state index in [1.807, 2.05) is 0 Å². The minimum absolute atomic E-state index is 0.0108. The molecule has 6 aromatic rings. The first-order chi connectivity index (χ1) is 22.2. The molecule has 2 aromatic heterocycles. The van der Waals surface area contributed by atoms with E-state index in [0.29, 0.717) is 12.1 Å². The second-order valence-corrected chi connectivity index (χ2v) is 13.5. The maximum atomic E-state index is 2.67. The molecule has 0 fully saturated rings. The second-order valence-electron chi connectivity index (χ2n) is 13.5. The zero-order chi connectivity index (χ0) is 30.5. The zero-order valence-corrected chi connectivity index (χ0v) is 27.0. The maximum absolute atomic E-state index is 2.67. The summed E-state index contributed by atoms with van der Waals surface area (Å²) in [4.78, 5) is 0. The molecule has 3 atom stereocenters. The van der Waals surface area contributed by atoms with Crippen molar-refractivity contribution in [3.63, 3.8) is 0 Å². The van der Waals surface area contributed by atoms with E-state index in [0.717, 1.165) is 32.1 Å². The van der Waals surface area contributed by atoms with Gasteiger partial charge in [-0.1, -0.05) is 93.9 Å². The van der Waals surface area contributed by atoms with Crippen molar-refractivity contribution in [2.45, 2.75) is 83.2 Å². The van der Waals surface area contributed by atoms with Gasteiger partial charge in [0, 0.05) is 37.5 Å². The fraction of sp³-hybridized carbons (Fsp3) is 0.302. The summed E-state index contributed by atoms with van der Waals surface area (Å²) in [6.45, 7) is 7.12. The van der Waals surface area contributed by atoms with Gasteiger partial charge in [0.25, 0.3) is 0 Å². The lowest BCUT2D eigenvalue weighted by molar-refractivity contribution is -0.736. The summed E-state index contributed by atoms with van der Waals surface area (Å²) in [6.07, 6.45) is 12.7. The van der Waals surface area contributed by atoms with Gasteiger partial charge in [0.05, 0.1) is 21.9 Å². The summed E-state index contributed by atoms with van der Waals surface area (Å²) >= 11 is 0. The molecule has 4 aromatic carbocycles. The summed E-state index contributed by atoms with van der Waals surface area (Å²) in [5.41, 5.74) is 10.0. The summed E-state index contributed by atoms with van der Waals surface area (Å²) < 4.78 is 5.28. The van der Waals surface area contributed by atoms with Gasteiger partial charge in [-0.3, -0.25) is 0 Å². The SMILES string of the molecule is CCCCc1ccc2c3[n+](ccc2c1)C(CC)C(CC)(CC1Cc2ccc4ccccc4c2-c2cccc[n+]21)c1ccccc1-3. The Labute approximate surface area is 268 Å². The van der Waals surface area contributed by atoms with Crippen molar-refractivity contribution in [3.8, 4) is 22.5 Å². The fourth-order valence-electron chi connectivity index (χ4n) is 9.11. The Morgan fingerprint density at radius 3 is 2.44 bits per heavy atom. The van der Waals surface area contributed by atoms with Crippen LogP contribution in [0.15, 0.2) is 116 Å². The Morgan fingerprint density at radius 2 is 1.58 bits per heavy atom. The molecular formula is C43H44N2+2. The van der Waals surface area contributed by atoms with Crippen molar-refractivity contribution in [1.82, 2.24) is 0 Å². The van der Waals surface area contributed by atoms with Gasteiger partial charge in [-0.15, -0.1) is 0 Å². The van der Waals surface area contributed by atoms with Crippen LogP contribution in [-0.2, 0) is 18.3 Å². The minimum atomic E-state index is 0.0108. The van der Waals surface area contributed by atoms with E-state index in [1.54, 1.807) is 0 Å². The van der Waals surface area contributed by atoms with Gasteiger partial charge < -0.3 is 0 Å². The highest BCUT2D eigenvalue weighted by atomic mass is 15.1. The molecule has 2 heteroatoms. The van der Waals surface area contributed by atoms with Gasteiger partial charge in [-0.2, -0.15) is 9.13 Å². The molecule has 0 saturated carbocycles. The van der Waals surface area contributed by atoms with Crippen molar-refractivity contribution >= 4 is 21.5 Å². The van der Waals surface area contributed by atoms with Crippen LogP contribution in [0.5, 0.6) is 0 Å². The molecule has 2 aliphatic rings. The number of aromatic nitrogens is 2. The van der Waals surface area contributed by atoms with Crippen LogP contribution in [0.1, 0.15) is 81.6 Å². The molecule has 0 spiro atoms. The van der Waals surface area contributed by atoms with Crippen molar-refractivity contribution in [1.29, 1.82) is 0 Å². The number of benzene rings is 4. The molecule has 45 heavy (non-hydrogen) atoms. The molecule has 3 unspecified atom stereocenters. The normalized spacial score (nSPS) is 20.0. The monoisotopic (exact) mass is 588 g/mol. The molecule has 224 valence electrons. The van der Waals surface area contributed by atoms with Crippen molar-refractivity contribution < 1.29 is 9.13 Å². The highest BCUT2D eigenvalue weighted by molar-refractivity contribution is 5.97. The largest absolute Gasteiger partial charge is 0.220 e. The zero-order valence-electron chi connectivity index (χ0n) is 27.0. The van der Waals surface area contributed by atoms with Gasteiger partial charge >= 0.3 is 0 Å². The van der Waals surface area contributed by atoms with E-state index in [4.69, 9.17) is 0 Å². The van der Waals surface area contributed by atoms with Crippen LogP contribution in [0.4, 0.5) is 0 Å². The Kier molecular flexibility index (Phi) is 7.05. The molecule has 0 radical (unpaired) electrons. The molecule has 2 aliphatic heterocycles. The quantitative estimate of drug-likeness (QED) is 0.164. The molecule has 0 N–H and O–H groups in total. The first-order valence-corrected chi connectivity index (χ1v) is 17.2. The first-order valence-electron chi connectivity index (χ1n) is 17.2. The Morgan fingerprint density at radius 1 is 0.733 bits per heavy atom. The molecule has 4 heterocycles. The number of unbranched alkanes of at least 4 members (excludes halogenated alkanes) is 1. The van der Waals surface area contributed by atoms with Crippen LogP contribution >= 0.6 is 0 Å². The average Bonchev–Trinajstić information content (AvgIpc) is 3.10. The van der Waals surface area contributed by atoms with Crippen molar-refractivity contribution in [3.05, 3.63) is 132 Å². The van der Waals surface area contributed by atoms with Gasteiger partial charge in [0.1, 0.15) is 0 Å². The van der Waals surface area contributed by atoms with Crippen molar-refractivity contribution in [2.75, 3.05) is 0 Å². The lowest BCUT2D eigenvalue weighted by Gasteiger charge is -2.43. The number of aryl methyl sites for hydroxylation is 1. The smallest absolute Gasteiger partial charge is 0.195 e. The summed E-state index contributed by atoms with van der Waals surface area (Å²) in [5, 5.41) is 5.43. The lowest BCUT2D eigenvalue weighted by Crippen LogP contribution is -2.58. The summed E-state index contributed by atoms with van der Waals surface area (Å²) in [7, 11) is 0. The lowest BCUT2D eigenvalue weighted by atomic mass is 9.62. The highest BCUT2D eigenvalue weighted by Crippen LogP contribution is 2.52. The van der Waals surface area contributed by atoms with Crippen LogP contribution in [0.25, 0.3) is 44.1 Å². The molecule has 0 aliphatic carbocycles. The Bertz CT molecular complexity index is 2060. The maximum Gasteiger partial charge on any atom is 0.220 e. The predicted octanol–water partition coefficient (Wildman–Crippen LogP) is 10.0. The highest BCUT2D eigenvalue weighted by Gasteiger charge is 2.53. The number of fused-ring (bicyclic) bond motifs is 10. The van der Waals surface area contributed by atoms with E-state index in [-0.39, 0.29) is 5.41 Å². The third-order valence-electron chi connectivity index (χ3n) is 11.2. The molecule has 0 bridgehead atoms. The minimum Gasteiger partial charge on any atom is -0.195 e. The number of hydrogen-bond donors (Lipinski definition) is 0. The topological polar surface area (TPSA) is 7.76 Å². The summed E-state index contributed by atoms with van der Waals surface area (Å²) in [5.74, 6) is 0. The van der Waals surface area contributed by atoms with Gasteiger partial charge in [-0.25, -0.2) is 0 Å². The van der Waals surface area contributed by atoms with Gasteiger partial charge in [-0.05, 0) is 70.3 Å². The van der Waals surface area contributed by atoms with Crippen LogP contribution < -0.4 is 9.13 Å². The molecular weight excluding hydrogens is 544 g/mol. The van der Waals surface area contributed by atoms with E-state index in [1.165, 1.54) is 73.6 Å². The molecule has 8 rings (SSSR count). The third kappa shape index (κ3) is 4.36. The number of hydrogen-bond acceptors (Lipinski definition) is 0. The first kappa shape index (κ1) is 28.2. The molecule has 0 saturated heterocycles. The van der Waals surface area contributed by atoms with E-state index >= 15 is 0 Å². The number of nitrogens with zero attached hydrogens (tertiary/aromatic N) is 2. The third-order valence-corrected chi connectivity index (χ3v) is 11.2. The van der Waals surface area contributed by atoms with Crippen LogP contribution in [0.3, 0.4) is 0 Å². The van der Waals surface area contributed by atoms with Gasteiger partial charge in [0.2, 0.25) is 11.4 Å². The Hall–Kier alpha value is -4.30. The molecule has 0 amide bonds. The van der Waals surface area contributed by atoms with Crippen LogP contribution in [-0.4, -0.2) is 0 Å². The fourth-order valence-corrected chi connectivity index (χ4v) is 9.11. The number of pyridine rings is 2. The van der Waals surface area contributed by atoms with Crippen molar-refractivity contribution in [2.24, 2.45) is 0 Å². The standard InChI is InChI=1S/C43H44N2/c1-4-7-14-30-20-23-36-32(27-30)24-26-45-40(5-2)43(6-3,38-18-11-10-17-37(38)42(36)45)29-34-28-33-22-21-31-15-8-9-16-35(31)41(33)39-19-12-13-25-44(34)39/h8-13,15-27,34,40H,4-7,14,28-29H2,1-3H3/q+2. The second kappa shape index (κ2) is 11.2. The number of rotatable bonds is 7. The Balaban J connectivity index is 1.28. The van der Waals surface area contributed by atoms with E-state index in [2.05, 4.69) is 145 Å².